The number of benzene rings is 1. The number of carbonyl (C=O) groups excluding carboxylic acids is 1. The molecule has 1 aliphatic rings. The summed E-state index contributed by atoms with van der Waals surface area (Å²) in [7, 11) is 0. The highest BCUT2D eigenvalue weighted by Gasteiger charge is 2.22. The van der Waals surface area contributed by atoms with Gasteiger partial charge in [-0.2, -0.15) is 0 Å². The van der Waals surface area contributed by atoms with Gasteiger partial charge < -0.3 is 20.4 Å². The smallest absolute Gasteiger partial charge is 0.317 e. The van der Waals surface area contributed by atoms with Crippen LogP contribution >= 0.6 is 0 Å². The van der Waals surface area contributed by atoms with E-state index in [-0.39, 0.29) is 18.6 Å². The molecular weight excluding hydrogens is 280 g/mol. The highest BCUT2D eigenvalue weighted by molar-refractivity contribution is 5.74. The van der Waals surface area contributed by atoms with Gasteiger partial charge in [-0.15, -0.1) is 0 Å². The number of phenolic OH excluding ortho intramolecular Hbond substituents is 1. The minimum absolute atomic E-state index is 0.0506. The molecule has 5 heteroatoms. The molecule has 122 valence electrons. The maximum atomic E-state index is 12.1. The first-order chi connectivity index (χ1) is 10.5. The van der Waals surface area contributed by atoms with Crippen molar-refractivity contribution < 1.29 is 15.0 Å². The number of piperidine rings is 1. The van der Waals surface area contributed by atoms with Crippen LogP contribution in [0, 0.1) is 19.8 Å². The number of nitrogens with zero attached hydrogens (tertiary/aromatic N) is 1. The van der Waals surface area contributed by atoms with Crippen LogP contribution in [0.1, 0.15) is 29.5 Å². The molecule has 0 bridgehead atoms. The van der Waals surface area contributed by atoms with Crippen molar-refractivity contribution in [3.8, 4) is 5.75 Å². The Kier molecular flexibility index (Phi) is 5.66. The zero-order valence-corrected chi connectivity index (χ0v) is 13.4. The Morgan fingerprint density at radius 3 is 2.68 bits per heavy atom. The molecule has 1 fully saturated rings. The summed E-state index contributed by atoms with van der Waals surface area (Å²) in [6, 6.07) is 3.86. The average Bonchev–Trinajstić information content (AvgIpc) is 2.52. The predicted octanol–water partition coefficient (Wildman–Crippen LogP) is 1.97. The van der Waals surface area contributed by atoms with Gasteiger partial charge in [-0.05, 0) is 55.7 Å². The van der Waals surface area contributed by atoms with Gasteiger partial charge >= 0.3 is 6.03 Å². The summed E-state index contributed by atoms with van der Waals surface area (Å²) in [4.78, 5) is 13.9. The van der Waals surface area contributed by atoms with E-state index in [0.717, 1.165) is 42.5 Å². The predicted molar refractivity (Wildman–Crippen MR) is 86.1 cm³/mol. The van der Waals surface area contributed by atoms with Crippen molar-refractivity contribution in [3.05, 3.63) is 28.8 Å². The highest BCUT2D eigenvalue weighted by Crippen LogP contribution is 2.23. The van der Waals surface area contributed by atoms with Crippen molar-refractivity contribution in [2.24, 2.45) is 5.92 Å². The second kappa shape index (κ2) is 7.49. The van der Waals surface area contributed by atoms with Crippen molar-refractivity contribution in [1.82, 2.24) is 10.2 Å². The maximum absolute atomic E-state index is 12.1. The minimum Gasteiger partial charge on any atom is -0.507 e. The quantitative estimate of drug-likeness (QED) is 0.796. The van der Waals surface area contributed by atoms with Crippen LogP contribution in [0.25, 0.3) is 0 Å². The number of aryl methyl sites for hydroxylation is 2. The summed E-state index contributed by atoms with van der Waals surface area (Å²) in [6.45, 7) is 5.89. The summed E-state index contributed by atoms with van der Waals surface area (Å²) in [6.07, 6.45) is 2.69. The van der Waals surface area contributed by atoms with Crippen LogP contribution in [0.2, 0.25) is 0 Å². The van der Waals surface area contributed by atoms with Crippen molar-refractivity contribution in [1.29, 1.82) is 0 Å². The first kappa shape index (κ1) is 16.6. The lowest BCUT2D eigenvalue weighted by Crippen LogP contribution is -2.46. The third-order valence-electron chi connectivity index (χ3n) is 4.31. The number of aliphatic hydroxyl groups is 1. The number of aliphatic hydroxyl groups excluding tert-OH is 1. The molecule has 1 aromatic carbocycles. The van der Waals surface area contributed by atoms with Gasteiger partial charge in [-0.3, -0.25) is 0 Å². The molecule has 1 aromatic rings. The first-order valence-corrected chi connectivity index (χ1v) is 7.94. The van der Waals surface area contributed by atoms with Gasteiger partial charge in [0.1, 0.15) is 5.75 Å². The van der Waals surface area contributed by atoms with Gasteiger partial charge in [0.25, 0.3) is 0 Å². The van der Waals surface area contributed by atoms with Crippen LogP contribution < -0.4 is 5.32 Å². The maximum Gasteiger partial charge on any atom is 0.317 e. The van der Waals surface area contributed by atoms with Crippen LogP contribution in [0.5, 0.6) is 5.75 Å². The summed E-state index contributed by atoms with van der Waals surface area (Å²) >= 11 is 0. The van der Waals surface area contributed by atoms with Crippen LogP contribution in [-0.2, 0) is 6.42 Å². The fourth-order valence-corrected chi connectivity index (χ4v) is 3.01. The van der Waals surface area contributed by atoms with Crippen LogP contribution in [-0.4, -0.2) is 47.4 Å². The molecule has 0 aliphatic carbocycles. The number of nitrogens with one attached hydrogen (secondary N) is 1. The lowest BCUT2D eigenvalue weighted by atomic mass is 9.99. The molecule has 2 rings (SSSR count). The van der Waals surface area contributed by atoms with Gasteiger partial charge in [0, 0.05) is 26.2 Å². The monoisotopic (exact) mass is 306 g/mol. The summed E-state index contributed by atoms with van der Waals surface area (Å²) in [5, 5.41) is 21.9. The number of carbonyl (C=O) groups is 1. The molecule has 0 saturated carbocycles. The molecule has 0 radical (unpaired) electrons. The van der Waals surface area contributed by atoms with Crippen molar-refractivity contribution in [3.63, 3.8) is 0 Å². The highest BCUT2D eigenvalue weighted by atomic mass is 16.3. The molecule has 0 spiro atoms. The fourth-order valence-electron chi connectivity index (χ4n) is 3.01. The third kappa shape index (κ3) is 4.13. The van der Waals surface area contributed by atoms with E-state index in [1.54, 1.807) is 4.90 Å². The third-order valence-corrected chi connectivity index (χ3v) is 4.31. The Hall–Kier alpha value is -1.75. The van der Waals surface area contributed by atoms with E-state index in [9.17, 15) is 15.0 Å². The van der Waals surface area contributed by atoms with Crippen molar-refractivity contribution >= 4 is 6.03 Å². The molecular formula is C17H26N2O3. The van der Waals surface area contributed by atoms with E-state index < -0.39 is 0 Å². The normalized spacial score (nSPS) is 18.3. The number of rotatable bonds is 4. The van der Waals surface area contributed by atoms with E-state index in [1.165, 1.54) is 0 Å². The van der Waals surface area contributed by atoms with E-state index in [1.807, 2.05) is 26.0 Å². The van der Waals surface area contributed by atoms with E-state index >= 15 is 0 Å². The molecule has 0 aromatic heterocycles. The van der Waals surface area contributed by atoms with Gasteiger partial charge in [0.05, 0.1) is 0 Å². The Morgan fingerprint density at radius 2 is 2.05 bits per heavy atom. The van der Waals surface area contributed by atoms with E-state index in [0.29, 0.717) is 18.8 Å². The Labute approximate surface area is 131 Å². The summed E-state index contributed by atoms with van der Waals surface area (Å²) in [5.74, 6) is 0.554. The van der Waals surface area contributed by atoms with Gasteiger partial charge in [-0.25, -0.2) is 4.79 Å². The number of amides is 2. The minimum atomic E-state index is -0.0506. The number of hydrogen-bond donors (Lipinski definition) is 3. The Balaban J connectivity index is 1.82. The van der Waals surface area contributed by atoms with E-state index in [2.05, 4.69) is 5.32 Å². The lowest BCUT2D eigenvalue weighted by molar-refractivity contribution is 0.129. The first-order valence-electron chi connectivity index (χ1n) is 7.94. The second-order valence-corrected chi connectivity index (χ2v) is 6.20. The van der Waals surface area contributed by atoms with Crippen LogP contribution in [0.4, 0.5) is 4.79 Å². The summed E-state index contributed by atoms with van der Waals surface area (Å²) < 4.78 is 0. The zero-order valence-electron chi connectivity index (χ0n) is 13.4. The van der Waals surface area contributed by atoms with Gasteiger partial charge in [0.15, 0.2) is 0 Å². The van der Waals surface area contributed by atoms with Crippen molar-refractivity contribution in [2.45, 2.75) is 33.1 Å². The second-order valence-electron chi connectivity index (χ2n) is 6.20. The number of phenols is 1. The van der Waals surface area contributed by atoms with Crippen molar-refractivity contribution in [2.75, 3.05) is 26.2 Å². The topological polar surface area (TPSA) is 72.8 Å². The molecule has 1 atom stereocenters. The number of likely N-dealkylation sites (tertiary alicyclic amines) is 1. The van der Waals surface area contributed by atoms with Crippen LogP contribution in [0.3, 0.4) is 0 Å². The Bertz CT molecular complexity index is 508. The molecule has 5 nitrogen and oxygen atoms in total. The molecule has 22 heavy (non-hydrogen) atoms. The molecule has 3 N–H and O–H groups in total. The number of hydrogen-bond acceptors (Lipinski definition) is 3. The van der Waals surface area contributed by atoms with Crippen LogP contribution in [0.15, 0.2) is 12.1 Å². The molecule has 1 aliphatic heterocycles. The van der Waals surface area contributed by atoms with E-state index in [4.69, 9.17) is 0 Å². The van der Waals surface area contributed by atoms with Gasteiger partial charge in [0.2, 0.25) is 0 Å². The number of aromatic hydroxyl groups is 1. The summed E-state index contributed by atoms with van der Waals surface area (Å²) in [5.41, 5.74) is 2.84. The molecule has 0 unspecified atom stereocenters. The zero-order chi connectivity index (χ0) is 16.1. The molecule has 1 heterocycles. The Morgan fingerprint density at radius 1 is 1.36 bits per heavy atom. The largest absolute Gasteiger partial charge is 0.507 e. The molecule has 1 saturated heterocycles. The fraction of sp³-hybridized carbons (Fsp3) is 0.588. The standard InChI is InChI=1S/C17H26N2O3/c1-12-8-14(9-13(2)16(12)21)5-6-18-17(22)19-7-3-4-15(10-19)11-20/h8-9,15,20-21H,3-7,10-11H2,1-2H3,(H,18,22)/t15-/m0/s1. The lowest BCUT2D eigenvalue weighted by Gasteiger charge is -2.31. The number of urea groups is 1. The average molecular weight is 306 g/mol. The SMILES string of the molecule is Cc1cc(CCNC(=O)N2CCC[C@H](CO)C2)cc(C)c1O. The molecule has 2 amide bonds. The van der Waals surface area contributed by atoms with Gasteiger partial charge in [-0.1, -0.05) is 12.1 Å².